The van der Waals surface area contributed by atoms with Gasteiger partial charge in [-0.3, -0.25) is 4.68 Å². The summed E-state index contributed by atoms with van der Waals surface area (Å²) in [6, 6.07) is 7.91. The van der Waals surface area contributed by atoms with Crippen LogP contribution in [-0.2, 0) is 17.1 Å². The van der Waals surface area contributed by atoms with E-state index in [1.54, 1.807) is 10.9 Å². The molecular weight excluding hydrogens is 448 g/mol. The highest BCUT2D eigenvalue weighted by Gasteiger charge is 2.15. The van der Waals surface area contributed by atoms with Gasteiger partial charge < -0.3 is 5.32 Å². The highest BCUT2D eigenvalue weighted by Crippen LogP contribution is 2.31. The molecule has 2 N–H and O–H groups in total. The maximum atomic E-state index is 11.3. The number of anilines is 1. The Bertz CT molecular complexity index is 1350. The molecule has 3 aromatic heterocycles. The molecule has 4 aromatic rings. The smallest absolute Gasteiger partial charge is 0.208 e. The van der Waals surface area contributed by atoms with Crippen LogP contribution in [0.25, 0.3) is 33.1 Å². The summed E-state index contributed by atoms with van der Waals surface area (Å²) in [5.74, 6) is 1.10. The van der Waals surface area contributed by atoms with Crippen LogP contribution in [0.4, 0.5) is 5.82 Å². The monoisotopic (exact) mass is 470 g/mol. The molecule has 0 radical (unpaired) electrons. The van der Waals surface area contributed by atoms with E-state index in [0.29, 0.717) is 28.8 Å². The van der Waals surface area contributed by atoms with Crippen molar-refractivity contribution in [3.05, 3.63) is 47.9 Å². The first-order valence-corrected chi connectivity index (χ1v) is 12.4. The molecule has 0 amide bonds. The largest absolute Gasteiger partial charge is 0.368 e. The molecule has 166 valence electrons. The number of hydrogen-bond donors (Lipinski definition) is 2. The number of nitrogens with zero attached hydrogens (tertiary/aromatic N) is 6. The molecule has 12 heteroatoms. The quantitative estimate of drug-likeness (QED) is 0.376. The number of hydrogen-bond acceptors (Lipinski definition) is 9. The minimum absolute atomic E-state index is 0.225. The lowest BCUT2D eigenvalue weighted by Crippen LogP contribution is -2.28. The maximum Gasteiger partial charge on any atom is 0.208 e. The van der Waals surface area contributed by atoms with Crippen LogP contribution >= 0.6 is 11.3 Å². The van der Waals surface area contributed by atoms with Gasteiger partial charge in [-0.2, -0.15) is 5.10 Å². The highest BCUT2D eigenvalue weighted by molar-refractivity contribution is 7.88. The molecule has 0 atom stereocenters. The maximum absolute atomic E-state index is 11.3. The van der Waals surface area contributed by atoms with Gasteiger partial charge in [0.25, 0.3) is 0 Å². The van der Waals surface area contributed by atoms with Crippen LogP contribution in [0.15, 0.2) is 42.9 Å². The molecule has 0 spiro atoms. The fraction of sp³-hybridized carbons (Fsp3) is 0.250. The lowest BCUT2D eigenvalue weighted by Gasteiger charge is -2.11. The number of benzene rings is 1. The first-order valence-electron chi connectivity index (χ1n) is 9.74. The van der Waals surface area contributed by atoms with Gasteiger partial charge in [0.15, 0.2) is 10.8 Å². The Balaban J connectivity index is 1.66. The van der Waals surface area contributed by atoms with Crippen LogP contribution in [0.5, 0.6) is 0 Å². The molecule has 1 aromatic carbocycles. The van der Waals surface area contributed by atoms with Gasteiger partial charge in [-0.25, -0.2) is 23.1 Å². The Hall–Kier alpha value is -3.22. The Morgan fingerprint density at radius 3 is 2.59 bits per heavy atom. The third-order valence-electron chi connectivity index (χ3n) is 4.49. The van der Waals surface area contributed by atoms with Crippen molar-refractivity contribution in [3.8, 4) is 33.1 Å². The minimum Gasteiger partial charge on any atom is -0.368 e. The molecule has 3 heterocycles. The molecule has 0 bridgehead atoms. The van der Waals surface area contributed by atoms with Crippen molar-refractivity contribution in [2.24, 2.45) is 7.05 Å². The summed E-state index contributed by atoms with van der Waals surface area (Å²) >= 11 is 1.44. The third kappa shape index (κ3) is 5.33. The third-order valence-corrected chi connectivity index (χ3v) is 6.09. The van der Waals surface area contributed by atoms with Gasteiger partial charge in [0, 0.05) is 43.7 Å². The molecule has 32 heavy (non-hydrogen) atoms. The second kappa shape index (κ2) is 9.10. The summed E-state index contributed by atoms with van der Waals surface area (Å²) in [4.78, 5) is 9.28. The van der Waals surface area contributed by atoms with Crippen molar-refractivity contribution < 1.29 is 8.42 Å². The molecule has 0 saturated carbocycles. The van der Waals surface area contributed by atoms with Gasteiger partial charge in [0.2, 0.25) is 10.0 Å². The molecule has 0 fully saturated rings. The van der Waals surface area contributed by atoms with Crippen LogP contribution in [0.1, 0.15) is 5.01 Å². The average molecular weight is 471 g/mol. The number of aromatic nitrogens is 6. The van der Waals surface area contributed by atoms with E-state index in [9.17, 15) is 8.42 Å². The highest BCUT2D eigenvalue weighted by atomic mass is 32.2. The zero-order valence-electron chi connectivity index (χ0n) is 17.8. The van der Waals surface area contributed by atoms with E-state index in [4.69, 9.17) is 4.98 Å². The standard InChI is InChI=1S/C20H22N8O2S2/c1-13-26-27-20(31-13)17-11-22-18(25-19(17)21-7-8-24-32(3,29)30)15-6-4-5-14(9-15)16-10-23-28(2)12-16/h4-6,9-12,24H,7-8H2,1-3H3,(H,21,22,25). The Kier molecular flexibility index (Phi) is 6.26. The number of aryl methyl sites for hydroxylation is 2. The molecule has 0 aliphatic rings. The molecule has 4 rings (SSSR count). The first-order chi connectivity index (χ1) is 15.3. The zero-order valence-corrected chi connectivity index (χ0v) is 19.4. The van der Waals surface area contributed by atoms with Gasteiger partial charge in [0.05, 0.1) is 18.0 Å². The summed E-state index contributed by atoms with van der Waals surface area (Å²) in [5.41, 5.74) is 3.57. The summed E-state index contributed by atoms with van der Waals surface area (Å²) in [6.45, 7) is 2.46. The van der Waals surface area contributed by atoms with Crippen LogP contribution in [-0.4, -0.2) is 57.7 Å². The van der Waals surface area contributed by atoms with E-state index >= 15 is 0 Å². The van der Waals surface area contributed by atoms with Crippen molar-refractivity contribution in [2.75, 3.05) is 24.7 Å². The number of sulfonamides is 1. The Morgan fingerprint density at radius 1 is 1.09 bits per heavy atom. The van der Waals surface area contributed by atoms with Crippen molar-refractivity contribution in [1.29, 1.82) is 0 Å². The van der Waals surface area contributed by atoms with Gasteiger partial charge >= 0.3 is 0 Å². The van der Waals surface area contributed by atoms with Crippen molar-refractivity contribution in [3.63, 3.8) is 0 Å². The molecular formula is C20H22N8O2S2. The number of nitrogens with one attached hydrogen (secondary N) is 2. The second-order valence-electron chi connectivity index (χ2n) is 7.16. The lowest BCUT2D eigenvalue weighted by molar-refractivity contribution is 0.589. The first kappa shape index (κ1) is 22.0. The average Bonchev–Trinajstić information content (AvgIpc) is 3.39. The SMILES string of the molecule is Cc1nnc(-c2cnc(-c3cccc(-c4cnn(C)c4)c3)nc2NCCNS(C)(=O)=O)s1. The van der Waals surface area contributed by atoms with Crippen molar-refractivity contribution >= 4 is 27.2 Å². The predicted molar refractivity (Wildman–Crippen MR) is 125 cm³/mol. The van der Waals surface area contributed by atoms with E-state index in [1.165, 1.54) is 11.3 Å². The van der Waals surface area contributed by atoms with Gasteiger partial charge in [-0.15, -0.1) is 10.2 Å². The predicted octanol–water partition coefficient (Wildman–Crippen LogP) is 2.33. The van der Waals surface area contributed by atoms with E-state index in [0.717, 1.165) is 28.0 Å². The molecule has 0 unspecified atom stereocenters. The lowest BCUT2D eigenvalue weighted by atomic mass is 10.1. The fourth-order valence-electron chi connectivity index (χ4n) is 3.04. The molecule has 0 aliphatic carbocycles. The molecule has 0 saturated heterocycles. The summed E-state index contributed by atoms with van der Waals surface area (Å²) in [7, 11) is -1.39. The topological polar surface area (TPSA) is 128 Å². The Labute approximate surface area is 189 Å². The van der Waals surface area contributed by atoms with Crippen molar-refractivity contribution in [1.82, 2.24) is 34.7 Å². The van der Waals surface area contributed by atoms with Gasteiger partial charge in [-0.1, -0.05) is 29.5 Å². The Morgan fingerprint density at radius 2 is 1.91 bits per heavy atom. The van der Waals surface area contributed by atoms with Crippen LogP contribution in [0, 0.1) is 6.92 Å². The van der Waals surface area contributed by atoms with Crippen molar-refractivity contribution in [2.45, 2.75) is 6.92 Å². The summed E-state index contributed by atoms with van der Waals surface area (Å²) < 4.78 is 26.9. The summed E-state index contributed by atoms with van der Waals surface area (Å²) in [6.07, 6.45) is 6.59. The van der Waals surface area contributed by atoms with E-state index < -0.39 is 10.0 Å². The van der Waals surface area contributed by atoms with Gasteiger partial charge in [0.1, 0.15) is 10.8 Å². The fourth-order valence-corrected chi connectivity index (χ4v) is 4.22. The van der Waals surface area contributed by atoms with Crippen LogP contribution in [0.3, 0.4) is 0 Å². The van der Waals surface area contributed by atoms with E-state index in [2.05, 4.69) is 30.3 Å². The zero-order chi connectivity index (χ0) is 22.7. The van der Waals surface area contributed by atoms with E-state index in [-0.39, 0.29) is 6.54 Å². The van der Waals surface area contributed by atoms with Crippen LogP contribution < -0.4 is 10.0 Å². The summed E-state index contributed by atoms with van der Waals surface area (Å²) in [5, 5.41) is 17.2. The molecule has 10 nitrogen and oxygen atoms in total. The molecule has 0 aliphatic heterocycles. The normalized spacial score (nSPS) is 11.6. The van der Waals surface area contributed by atoms with E-state index in [1.807, 2.05) is 50.6 Å². The minimum atomic E-state index is -3.27. The van der Waals surface area contributed by atoms with Gasteiger partial charge in [-0.05, 0) is 18.6 Å². The van der Waals surface area contributed by atoms with Crippen LogP contribution in [0.2, 0.25) is 0 Å². The number of rotatable bonds is 8. The second-order valence-corrected chi connectivity index (χ2v) is 10.2.